The van der Waals surface area contributed by atoms with Crippen molar-refractivity contribution in [3.05, 3.63) is 41.7 Å². The molecule has 3 rings (SSSR count). The van der Waals surface area contributed by atoms with Crippen LogP contribution >= 0.6 is 0 Å². The Morgan fingerprint density at radius 2 is 2.10 bits per heavy atom. The zero-order valence-corrected chi connectivity index (χ0v) is 11.9. The number of anilines is 1. The van der Waals surface area contributed by atoms with Crippen molar-refractivity contribution in [3.8, 4) is 0 Å². The minimum atomic E-state index is 0.182. The van der Waals surface area contributed by atoms with Gasteiger partial charge in [-0.25, -0.2) is 0 Å². The Morgan fingerprint density at radius 3 is 2.80 bits per heavy atom. The molecule has 0 saturated carbocycles. The van der Waals surface area contributed by atoms with Gasteiger partial charge in [0.25, 0.3) is 6.01 Å². The number of para-hydroxylation sites is 2. The Hall–Kier alpha value is -2.30. The van der Waals surface area contributed by atoms with Crippen LogP contribution < -0.4 is 5.32 Å². The normalized spacial score (nSPS) is 12.8. The maximum absolute atomic E-state index is 5.66. The Kier molecular flexibility index (Phi) is 3.18. The summed E-state index contributed by atoms with van der Waals surface area (Å²) in [6.07, 6.45) is 0. The van der Waals surface area contributed by atoms with Crippen LogP contribution in [0.2, 0.25) is 0 Å². The molecule has 0 radical (unpaired) electrons. The lowest BCUT2D eigenvalue weighted by atomic mass is 10.3. The van der Waals surface area contributed by atoms with Crippen molar-refractivity contribution in [2.75, 3.05) is 5.32 Å². The van der Waals surface area contributed by atoms with Gasteiger partial charge in [-0.15, -0.1) is 0 Å². The molecule has 20 heavy (non-hydrogen) atoms. The predicted molar refractivity (Wildman–Crippen MR) is 78.8 cm³/mol. The van der Waals surface area contributed by atoms with Crippen LogP contribution in [0, 0.1) is 13.8 Å². The fourth-order valence-electron chi connectivity index (χ4n) is 2.31. The van der Waals surface area contributed by atoms with Crippen LogP contribution in [0.15, 0.2) is 34.7 Å². The lowest BCUT2D eigenvalue weighted by Gasteiger charge is -2.13. The molecule has 0 aliphatic carbocycles. The van der Waals surface area contributed by atoms with E-state index in [9.17, 15) is 0 Å². The number of aryl methyl sites for hydroxylation is 2. The number of nitrogens with zero attached hydrogens (tertiary/aromatic N) is 3. The molecule has 2 heterocycles. The van der Waals surface area contributed by atoms with E-state index in [2.05, 4.69) is 35.3 Å². The molecular weight excluding hydrogens is 252 g/mol. The molecule has 1 N–H and O–H groups in total. The summed E-state index contributed by atoms with van der Waals surface area (Å²) in [6, 6.07) is 10.6. The SMILES string of the molecule is Cc1cc(C)n(C[C@H](C)Nc2nc3ccccc3o2)n1. The molecule has 0 amide bonds. The van der Waals surface area contributed by atoms with Gasteiger partial charge in [0, 0.05) is 11.7 Å². The smallest absolute Gasteiger partial charge is 0.295 e. The Morgan fingerprint density at radius 1 is 1.30 bits per heavy atom. The second-order valence-electron chi connectivity index (χ2n) is 5.14. The Balaban J connectivity index is 1.72. The number of nitrogens with one attached hydrogen (secondary N) is 1. The van der Waals surface area contributed by atoms with Gasteiger partial charge in [0.2, 0.25) is 0 Å². The van der Waals surface area contributed by atoms with Crippen molar-refractivity contribution in [2.45, 2.75) is 33.4 Å². The minimum Gasteiger partial charge on any atom is -0.424 e. The molecule has 3 aromatic rings. The van der Waals surface area contributed by atoms with Crippen molar-refractivity contribution in [1.29, 1.82) is 0 Å². The zero-order valence-electron chi connectivity index (χ0n) is 11.9. The number of benzene rings is 1. The van der Waals surface area contributed by atoms with E-state index in [0.717, 1.165) is 29.0 Å². The summed E-state index contributed by atoms with van der Waals surface area (Å²) in [5, 5.41) is 7.74. The van der Waals surface area contributed by atoms with E-state index in [1.54, 1.807) is 0 Å². The van der Waals surface area contributed by atoms with E-state index in [-0.39, 0.29) is 6.04 Å². The van der Waals surface area contributed by atoms with Crippen molar-refractivity contribution < 1.29 is 4.42 Å². The molecule has 0 aliphatic rings. The predicted octanol–water partition coefficient (Wildman–Crippen LogP) is 3.14. The third-order valence-corrected chi connectivity index (χ3v) is 3.21. The summed E-state index contributed by atoms with van der Waals surface area (Å²) in [4.78, 5) is 4.41. The largest absolute Gasteiger partial charge is 0.424 e. The van der Waals surface area contributed by atoms with Gasteiger partial charge >= 0.3 is 0 Å². The first-order valence-electron chi connectivity index (χ1n) is 6.75. The first-order valence-corrected chi connectivity index (χ1v) is 6.75. The summed E-state index contributed by atoms with van der Waals surface area (Å²) in [5.41, 5.74) is 3.87. The van der Waals surface area contributed by atoms with Crippen LogP contribution in [-0.4, -0.2) is 20.8 Å². The van der Waals surface area contributed by atoms with Gasteiger partial charge < -0.3 is 9.73 Å². The molecule has 1 atom stereocenters. The lowest BCUT2D eigenvalue weighted by molar-refractivity contribution is 0.525. The van der Waals surface area contributed by atoms with Crippen molar-refractivity contribution in [1.82, 2.24) is 14.8 Å². The number of oxazole rings is 1. The highest BCUT2D eigenvalue weighted by Gasteiger charge is 2.10. The maximum Gasteiger partial charge on any atom is 0.295 e. The van der Waals surface area contributed by atoms with Gasteiger partial charge in [-0.2, -0.15) is 10.1 Å². The highest BCUT2D eigenvalue weighted by molar-refractivity contribution is 5.74. The van der Waals surface area contributed by atoms with Crippen LogP contribution in [0.4, 0.5) is 6.01 Å². The van der Waals surface area contributed by atoms with E-state index in [1.165, 1.54) is 0 Å². The molecule has 2 aromatic heterocycles. The first kappa shape index (κ1) is 12.7. The van der Waals surface area contributed by atoms with Crippen molar-refractivity contribution in [3.63, 3.8) is 0 Å². The lowest BCUT2D eigenvalue weighted by Crippen LogP contribution is -2.23. The van der Waals surface area contributed by atoms with Crippen LogP contribution in [0.3, 0.4) is 0 Å². The molecule has 1 aromatic carbocycles. The van der Waals surface area contributed by atoms with Crippen LogP contribution in [0.5, 0.6) is 0 Å². The van der Waals surface area contributed by atoms with E-state index < -0.39 is 0 Å². The Bertz CT molecular complexity index is 695. The van der Waals surface area contributed by atoms with Gasteiger partial charge in [0.15, 0.2) is 5.58 Å². The number of fused-ring (bicyclic) bond motifs is 1. The first-order chi connectivity index (χ1) is 9.61. The van der Waals surface area contributed by atoms with Gasteiger partial charge in [0.05, 0.1) is 12.2 Å². The molecule has 0 unspecified atom stereocenters. The van der Waals surface area contributed by atoms with Gasteiger partial charge in [-0.1, -0.05) is 12.1 Å². The van der Waals surface area contributed by atoms with Crippen molar-refractivity contribution in [2.24, 2.45) is 0 Å². The molecule has 5 heteroatoms. The fraction of sp³-hybridized carbons (Fsp3) is 0.333. The second kappa shape index (κ2) is 5.00. The molecule has 0 spiro atoms. The van der Waals surface area contributed by atoms with Gasteiger partial charge in [-0.3, -0.25) is 4.68 Å². The summed E-state index contributed by atoms with van der Waals surface area (Å²) in [7, 11) is 0. The highest BCUT2D eigenvalue weighted by Crippen LogP contribution is 2.18. The maximum atomic E-state index is 5.66. The number of hydrogen-bond donors (Lipinski definition) is 1. The van der Waals surface area contributed by atoms with E-state index in [0.29, 0.717) is 6.01 Å². The summed E-state index contributed by atoms with van der Waals surface area (Å²) < 4.78 is 7.66. The molecule has 0 bridgehead atoms. The van der Waals surface area contributed by atoms with Gasteiger partial charge in [-0.05, 0) is 39.0 Å². The van der Waals surface area contributed by atoms with Crippen LogP contribution in [-0.2, 0) is 6.54 Å². The minimum absolute atomic E-state index is 0.182. The van der Waals surface area contributed by atoms with E-state index in [1.807, 2.05) is 35.9 Å². The quantitative estimate of drug-likeness (QED) is 0.791. The third-order valence-electron chi connectivity index (χ3n) is 3.21. The third kappa shape index (κ3) is 2.52. The molecule has 0 saturated heterocycles. The van der Waals surface area contributed by atoms with E-state index in [4.69, 9.17) is 4.42 Å². The Labute approximate surface area is 117 Å². The average molecular weight is 270 g/mol. The number of hydrogen-bond acceptors (Lipinski definition) is 4. The van der Waals surface area contributed by atoms with Crippen molar-refractivity contribution >= 4 is 17.1 Å². The average Bonchev–Trinajstić information content (AvgIpc) is 2.92. The van der Waals surface area contributed by atoms with Gasteiger partial charge in [0.1, 0.15) is 5.52 Å². The zero-order chi connectivity index (χ0) is 14.1. The van der Waals surface area contributed by atoms with E-state index >= 15 is 0 Å². The second-order valence-corrected chi connectivity index (χ2v) is 5.14. The number of rotatable bonds is 4. The van der Waals surface area contributed by atoms with Crippen LogP contribution in [0.1, 0.15) is 18.3 Å². The topological polar surface area (TPSA) is 55.9 Å². The molecule has 5 nitrogen and oxygen atoms in total. The van der Waals surface area contributed by atoms with Crippen LogP contribution in [0.25, 0.3) is 11.1 Å². The summed E-state index contributed by atoms with van der Waals surface area (Å²) >= 11 is 0. The molecule has 104 valence electrons. The molecular formula is C15H18N4O. The summed E-state index contributed by atoms with van der Waals surface area (Å²) in [6.45, 7) is 6.93. The monoisotopic (exact) mass is 270 g/mol. The molecule has 0 fully saturated rings. The molecule has 0 aliphatic heterocycles. The standard InChI is InChI=1S/C15H18N4O/c1-10-8-12(3)19(18-10)9-11(2)16-15-17-13-6-4-5-7-14(13)20-15/h4-8,11H,9H2,1-3H3,(H,16,17)/t11-/m0/s1. The highest BCUT2D eigenvalue weighted by atomic mass is 16.4. The number of aromatic nitrogens is 3. The summed E-state index contributed by atoms with van der Waals surface area (Å²) in [5.74, 6) is 0. The fourth-order valence-corrected chi connectivity index (χ4v) is 2.31.